The molecule has 0 saturated heterocycles. The Hall–Kier alpha value is -4.84. The van der Waals surface area contributed by atoms with Gasteiger partial charge in [0.15, 0.2) is 0 Å². The molecule has 0 N–H and O–H groups in total. The van der Waals surface area contributed by atoms with Gasteiger partial charge in [-0.05, 0) is 95.5 Å². The molecule has 8 rings (SSSR count). The highest BCUT2D eigenvalue weighted by atomic mass is 15.0. The summed E-state index contributed by atoms with van der Waals surface area (Å²) in [6.07, 6.45) is 2.16. The van der Waals surface area contributed by atoms with Gasteiger partial charge in [0, 0.05) is 61.4 Å². The first-order valence-corrected chi connectivity index (χ1v) is 20.3. The summed E-state index contributed by atoms with van der Waals surface area (Å²) < 4.78 is 4.70. The van der Waals surface area contributed by atoms with Crippen LogP contribution in [0.25, 0.3) is 66.3 Å². The van der Waals surface area contributed by atoms with Gasteiger partial charge in [-0.25, -0.2) is 9.97 Å². The number of aryl methyl sites for hydroxylation is 2. The Labute approximate surface area is 332 Å². The minimum atomic E-state index is -0.173. The summed E-state index contributed by atoms with van der Waals surface area (Å²) in [5.74, 6) is 0. The maximum absolute atomic E-state index is 5.68. The van der Waals surface area contributed by atoms with E-state index in [2.05, 4.69) is 181 Å². The summed E-state index contributed by atoms with van der Waals surface area (Å²) >= 11 is 0. The van der Waals surface area contributed by atoms with Crippen LogP contribution in [0.1, 0.15) is 143 Å². The Kier molecular flexibility index (Phi) is 8.05. The summed E-state index contributed by atoms with van der Waals surface area (Å²) in [5, 5.41) is 2.14. The van der Waals surface area contributed by atoms with Gasteiger partial charge in [0.1, 0.15) is 11.3 Å². The minimum absolute atomic E-state index is 0.0569. The number of fused-ring (bicyclic) bond motifs is 10. The Morgan fingerprint density at radius 3 is 1.41 bits per heavy atom. The SMILES string of the molecule is Cc1cc2c(ccn3c4cc(C(C)(C)C)cc(-c5cc(C(C)(C)C)cc6c5nc5c7cc(C)c(C(C)(C)C)nc7cc(C(C)(C)C)n65)c4nc23)nc1C(C)(C)C. The highest BCUT2D eigenvalue weighted by Crippen LogP contribution is 2.43. The average molecular weight is 745 g/mol. The van der Waals surface area contributed by atoms with Crippen molar-refractivity contribution in [3.05, 3.63) is 94.1 Å². The Bertz CT molecular complexity index is 2940. The lowest BCUT2D eigenvalue weighted by atomic mass is 9.82. The highest BCUT2D eigenvalue weighted by molar-refractivity contribution is 6.08. The van der Waals surface area contributed by atoms with E-state index in [9.17, 15) is 0 Å². The maximum Gasteiger partial charge on any atom is 0.147 e. The third kappa shape index (κ3) is 5.97. The molecular weight excluding hydrogens is 685 g/mol. The molecule has 2 aromatic carbocycles. The molecule has 0 saturated carbocycles. The van der Waals surface area contributed by atoms with E-state index in [0.717, 1.165) is 77.7 Å². The smallest absolute Gasteiger partial charge is 0.147 e. The summed E-state index contributed by atoms with van der Waals surface area (Å²) in [7, 11) is 0. The van der Waals surface area contributed by atoms with Crippen LogP contribution in [0.3, 0.4) is 0 Å². The molecule has 6 nitrogen and oxygen atoms in total. The van der Waals surface area contributed by atoms with Crippen LogP contribution >= 0.6 is 0 Å². The second-order valence-corrected chi connectivity index (χ2v) is 21.6. The molecule has 0 radical (unpaired) electrons. The summed E-state index contributed by atoms with van der Waals surface area (Å²) in [5.41, 5.74) is 18.0. The van der Waals surface area contributed by atoms with E-state index < -0.39 is 0 Å². The molecule has 0 aliphatic carbocycles. The second kappa shape index (κ2) is 11.8. The lowest BCUT2D eigenvalue weighted by Gasteiger charge is -2.25. The van der Waals surface area contributed by atoms with E-state index in [1.165, 1.54) is 27.9 Å². The average Bonchev–Trinajstić information content (AvgIpc) is 3.64. The van der Waals surface area contributed by atoms with Crippen LogP contribution in [0.5, 0.6) is 0 Å². The molecule has 0 amide bonds. The minimum Gasteiger partial charge on any atom is -0.299 e. The lowest BCUT2D eigenvalue weighted by molar-refractivity contribution is 0.561. The van der Waals surface area contributed by atoms with E-state index in [1.54, 1.807) is 0 Å². The van der Waals surface area contributed by atoms with Crippen molar-refractivity contribution >= 4 is 55.2 Å². The third-order valence-corrected chi connectivity index (χ3v) is 11.6. The molecule has 6 heteroatoms. The van der Waals surface area contributed by atoms with E-state index in [0.29, 0.717) is 0 Å². The molecule has 6 heterocycles. The largest absolute Gasteiger partial charge is 0.299 e. The summed E-state index contributed by atoms with van der Waals surface area (Å²) in [6.45, 7) is 38.5. The van der Waals surface area contributed by atoms with E-state index in [-0.39, 0.29) is 27.1 Å². The van der Waals surface area contributed by atoms with Crippen LogP contribution in [-0.4, -0.2) is 28.7 Å². The van der Waals surface area contributed by atoms with Crippen LogP contribution < -0.4 is 0 Å². The highest BCUT2D eigenvalue weighted by Gasteiger charge is 2.29. The molecule has 290 valence electrons. The lowest BCUT2D eigenvalue weighted by Crippen LogP contribution is -2.18. The van der Waals surface area contributed by atoms with Crippen LogP contribution in [-0.2, 0) is 27.1 Å². The molecule has 0 atom stereocenters. The monoisotopic (exact) mass is 744 g/mol. The fraction of sp³-hybridized carbons (Fsp3) is 0.440. The zero-order chi connectivity index (χ0) is 40.8. The summed E-state index contributed by atoms with van der Waals surface area (Å²) in [4.78, 5) is 21.8. The van der Waals surface area contributed by atoms with Gasteiger partial charge in [-0.1, -0.05) is 104 Å². The second-order valence-electron chi connectivity index (χ2n) is 21.6. The van der Waals surface area contributed by atoms with Crippen molar-refractivity contribution in [3.63, 3.8) is 0 Å². The number of benzene rings is 2. The van der Waals surface area contributed by atoms with Crippen molar-refractivity contribution < 1.29 is 0 Å². The van der Waals surface area contributed by atoms with E-state index >= 15 is 0 Å². The predicted molar refractivity (Wildman–Crippen MR) is 238 cm³/mol. The van der Waals surface area contributed by atoms with Crippen molar-refractivity contribution in [2.45, 2.75) is 145 Å². The zero-order valence-electron chi connectivity index (χ0n) is 36.9. The van der Waals surface area contributed by atoms with Crippen LogP contribution in [0.2, 0.25) is 0 Å². The first-order chi connectivity index (χ1) is 25.7. The topological polar surface area (TPSA) is 60.4 Å². The molecule has 0 bridgehead atoms. The number of rotatable bonds is 1. The van der Waals surface area contributed by atoms with Crippen molar-refractivity contribution in [2.75, 3.05) is 0 Å². The fourth-order valence-electron chi connectivity index (χ4n) is 8.67. The van der Waals surface area contributed by atoms with Gasteiger partial charge in [-0.15, -0.1) is 0 Å². The maximum atomic E-state index is 5.68. The van der Waals surface area contributed by atoms with Gasteiger partial charge in [0.2, 0.25) is 0 Å². The van der Waals surface area contributed by atoms with Crippen molar-refractivity contribution in [3.8, 4) is 11.1 Å². The molecule has 0 spiro atoms. The van der Waals surface area contributed by atoms with Gasteiger partial charge >= 0.3 is 0 Å². The molecule has 0 aliphatic heterocycles. The molecule has 0 aliphatic rings. The number of nitrogens with zero attached hydrogens (tertiary/aromatic N) is 6. The quantitative estimate of drug-likeness (QED) is 0.168. The third-order valence-electron chi connectivity index (χ3n) is 11.6. The van der Waals surface area contributed by atoms with E-state index in [1.807, 2.05) is 0 Å². The molecule has 56 heavy (non-hydrogen) atoms. The molecule has 8 aromatic rings. The number of hydrogen-bond acceptors (Lipinski definition) is 4. The van der Waals surface area contributed by atoms with Crippen LogP contribution in [0.4, 0.5) is 0 Å². The van der Waals surface area contributed by atoms with Crippen LogP contribution in [0, 0.1) is 13.8 Å². The zero-order valence-corrected chi connectivity index (χ0v) is 36.9. The standard InChI is InChI=1S/C50H60N6/c1-27-20-33-35(51-42(27)49(12,13)14)18-19-55-37-24-29(46(3,4)5)22-31(40(37)53-44(33)55)32-23-30(47(6,7)8)25-38-41(32)54-45-34-21-28(2)43(50(15,16)17)52-36(34)26-39(56(38)45)48(9,10)11/h18-26H,1-17H3. The summed E-state index contributed by atoms with van der Waals surface area (Å²) in [6, 6.07) is 18.6. The number of aromatic nitrogens is 6. The fourth-order valence-corrected chi connectivity index (χ4v) is 8.67. The normalized spacial score (nSPS) is 13.8. The van der Waals surface area contributed by atoms with Gasteiger partial charge in [-0.2, -0.15) is 0 Å². The van der Waals surface area contributed by atoms with Crippen molar-refractivity contribution in [1.82, 2.24) is 28.7 Å². The van der Waals surface area contributed by atoms with E-state index in [4.69, 9.17) is 19.9 Å². The predicted octanol–water partition coefficient (Wildman–Crippen LogP) is 13.2. The number of pyridine rings is 4. The van der Waals surface area contributed by atoms with Crippen molar-refractivity contribution in [1.29, 1.82) is 0 Å². The van der Waals surface area contributed by atoms with Gasteiger partial charge < -0.3 is 0 Å². The van der Waals surface area contributed by atoms with Crippen molar-refractivity contribution in [2.24, 2.45) is 0 Å². The molecule has 6 aromatic heterocycles. The van der Waals surface area contributed by atoms with Gasteiger partial charge in [-0.3, -0.25) is 18.8 Å². The van der Waals surface area contributed by atoms with Crippen LogP contribution in [0.15, 0.2) is 54.7 Å². The van der Waals surface area contributed by atoms with Gasteiger partial charge in [0.05, 0.1) is 33.1 Å². The van der Waals surface area contributed by atoms with Gasteiger partial charge in [0.25, 0.3) is 0 Å². The first-order valence-electron chi connectivity index (χ1n) is 20.3. The number of imidazole rings is 2. The number of hydrogen-bond donors (Lipinski definition) is 0. The molecule has 0 unspecified atom stereocenters. The Morgan fingerprint density at radius 2 is 0.911 bits per heavy atom. The molecule has 0 fully saturated rings. The molecular formula is C50H60N6. The first kappa shape index (κ1) is 38.1. The Balaban J connectivity index is 1.56. The Morgan fingerprint density at radius 1 is 0.446 bits per heavy atom.